The molecule has 0 bridgehead atoms. The van der Waals surface area contributed by atoms with Crippen LogP contribution in [0.4, 0.5) is 19.2 Å². The first-order valence-electron chi connectivity index (χ1n) is 8.38. The smallest absolute Gasteiger partial charge is 0.416 e. The summed E-state index contributed by atoms with van der Waals surface area (Å²) in [5, 5.41) is 3.93. The molecule has 1 N–H and O–H groups in total. The monoisotopic (exact) mass is 393 g/mol. The minimum Gasteiger partial charge on any atom is -0.424 e. The van der Waals surface area contributed by atoms with Gasteiger partial charge in [-0.25, -0.2) is 5.06 Å². The predicted octanol–water partition coefficient (Wildman–Crippen LogP) is 4.41. The van der Waals surface area contributed by atoms with E-state index in [2.05, 4.69) is 10.3 Å². The van der Waals surface area contributed by atoms with Gasteiger partial charge in [-0.15, -0.1) is 0 Å². The molecule has 6 nitrogen and oxygen atoms in total. The number of nitrogens with zero attached hydrogens (tertiary/aromatic N) is 2. The van der Waals surface area contributed by atoms with E-state index in [9.17, 15) is 18.0 Å². The van der Waals surface area contributed by atoms with Crippen LogP contribution in [0.25, 0.3) is 11.1 Å². The molecule has 1 heterocycles. The minimum absolute atomic E-state index is 0.108. The molecule has 0 saturated carbocycles. The van der Waals surface area contributed by atoms with Crippen molar-refractivity contribution >= 4 is 23.0 Å². The Morgan fingerprint density at radius 3 is 2.68 bits per heavy atom. The van der Waals surface area contributed by atoms with Crippen molar-refractivity contribution in [3.05, 3.63) is 59.7 Å². The van der Waals surface area contributed by atoms with Crippen molar-refractivity contribution in [3.63, 3.8) is 0 Å². The molecule has 1 aromatic heterocycles. The zero-order chi connectivity index (χ0) is 20.3. The summed E-state index contributed by atoms with van der Waals surface area (Å²) in [5.74, 6) is -0.423. The van der Waals surface area contributed by atoms with Crippen LogP contribution in [0, 0.1) is 0 Å². The van der Waals surface area contributed by atoms with Crippen LogP contribution in [0.2, 0.25) is 0 Å². The third-order valence-electron chi connectivity index (χ3n) is 4.21. The number of oxazole rings is 1. The fraction of sp³-hybridized carbons (Fsp3) is 0.263. The van der Waals surface area contributed by atoms with E-state index in [0.717, 1.165) is 17.2 Å². The molecule has 1 amide bonds. The van der Waals surface area contributed by atoms with Crippen LogP contribution >= 0.6 is 0 Å². The third-order valence-corrected chi connectivity index (χ3v) is 4.21. The lowest BCUT2D eigenvalue weighted by Crippen LogP contribution is -2.29. The number of anilines is 1. The Morgan fingerprint density at radius 2 is 2.00 bits per heavy atom. The maximum Gasteiger partial charge on any atom is 0.416 e. The van der Waals surface area contributed by atoms with Gasteiger partial charge in [-0.1, -0.05) is 24.3 Å². The highest BCUT2D eigenvalue weighted by molar-refractivity contribution is 5.77. The third kappa shape index (κ3) is 4.42. The zero-order valence-electron chi connectivity index (χ0n) is 15.2. The van der Waals surface area contributed by atoms with Gasteiger partial charge in [0.2, 0.25) is 5.91 Å². The van der Waals surface area contributed by atoms with Crippen molar-refractivity contribution in [2.45, 2.75) is 18.6 Å². The number of carbonyl (C=O) groups excluding carboxylic acids is 1. The van der Waals surface area contributed by atoms with Gasteiger partial charge in [0, 0.05) is 7.05 Å². The molecule has 28 heavy (non-hydrogen) atoms. The van der Waals surface area contributed by atoms with Crippen LogP contribution in [0.3, 0.4) is 0 Å². The quantitative estimate of drug-likeness (QED) is 0.629. The normalized spacial score (nSPS) is 12.8. The molecule has 1 unspecified atom stereocenters. The average Bonchev–Trinajstić information content (AvgIpc) is 3.08. The molecule has 148 valence electrons. The minimum atomic E-state index is -4.49. The molecule has 0 spiro atoms. The standard InChI is InChI=1S/C19H18F3N3O3/c1-25(27-2)17(26)11-15(12-6-5-7-13(10-12)19(20,21)22)24-18-23-14-8-3-4-9-16(14)28-18/h3-10,15H,11H2,1-2H3,(H,23,24). The highest BCUT2D eigenvalue weighted by Crippen LogP contribution is 2.32. The van der Waals surface area contributed by atoms with Crippen LogP contribution in [-0.4, -0.2) is 30.1 Å². The van der Waals surface area contributed by atoms with Gasteiger partial charge in [-0.05, 0) is 29.8 Å². The number of hydrogen-bond donors (Lipinski definition) is 1. The van der Waals surface area contributed by atoms with Crippen molar-refractivity contribution < 1.29 is 27.2 Å². The summed E-state index contributed by atoms with van der Waals surface area (Å²) in [6.07, 6.45) is -4.66. The highest BCUT2D eigenvalue weighted by atomic mass is 19.4. The molecule has 2 aromatic carbocycles. The van der Waals surface area contributed by atoms with Crippen LogP contribution in [-0.2, 0) is 15.8 Å². The molecular weight excluding hydrogens is 375 g/mol. The van der Waals surface area contributed by atoms with E-state index in [0.29, 0.717) is 11.1 Å². The SMILES string of the molecule is CON(C)C(=O)CC(Nc1nc2ccccc2o1)c1cccc(C(F)(F)F)c1. The van der Waals surface area contributed by atoms with Gasteiger partial charge in [0.15, 0.2) is 5.58 Å². The number of halogens is 3. The fourth-order valence-corrected chi connectivity index (χ4v) is 2.67. The molecule has 0 aliphatic rings. The lowest BCUT2D eigenvalue weighted by molar-refractivity contribution is -0.168. The number of para-hydroxylation sites is 2. The van der Waals surface area contributed by atoms with Gasteiger partial charge in [0.25, 0.3) is 6.01 Å². The number of benzene rings is 2. The van der Waals surface area contributed by atoms with Gasteiger partial charge in [0.1, 0.15) is 5.52 Å². The molecule has 0 saturated heterocycles. The average molecular weight is 393 g/mol. The number of hydrogen-bond acceptors (Lipinski definition) is 5. The van der Waals surface area contributed by atoms with Crippen LogP contribution in [0.15, 0.2) is 52.9 Å². The second-order valence-electron chi connectivity index (χ2n) is 6.08. The number of hydroxylamine groups is 2. The molecule has 1 atom stereocenters. The van der Waals surface area contributed by atoms with Gasteiger partial charge < -0.3 is 9.73 Å². The molecule has 0 fully saturated rings. The molecule has 0 aliphatic carbocycles. The Balaban J connectivity index is 1.93. The Bertz CT molecular complexity index is 938. The van der Waals surface area contributed by atoms with E-state index < -0.39 is 23.7 Å². The Kier molecular flexibility index (Phi) is 5.55. The molecule has 3 rings (SSSR count). The molecular formula is C19H18F3N3O3. The summed E-state index contributed by atoms with van der Waals surface area (Å²) in [4.78, 5) is 21.4. The fourth-order valence-electron chi connectivity index (χ4n) is 2.67. The lowest BCUT2D eigenvalue weighted by Gasteiger charge is -2.21. The summed E-state index contributed by atoms with van der Waals surface area (Å²) in [6.45, 7) is 0. The predicted molar refractivity (Wildman–Crippen MR) is 96.2 cm³/mol. The lowest BCUT2D eigenvalue weighted by atomic mass is 10.0. The summed E-state index contributed by atoms with van der Waals surface area (Å²) in [7, 11) is 2.75. The number of nitrogens with one attached hydrogen (secondary N) is 1. The van der Waals surface area contributed by atoms with E-state index in [4.69, 9.17) is 9.25 Å². The van der Waals surface area contributed by atoms with Crippen molar-refractivity contribution in [1.82, 2.24) is 10.0 Å². The number of carbonyl (C=O) groups is 1. The van der Waals surface area contributed by atoms with E-state index in [1.54, 1.807) is 24.3 Å². The van der Waals surface area contributed by atoms with Crippen LogP contribution < -0.4 is 5.32 Å². The van der Waals surface area contributed by atoms with Crippen molar-refractivity contribution in [2.24, 2.45) is 0 Å². The van der Waals surface area contributed by atoms with Gasteiger partial charge in [-0.2, -0.15) is 18.2 Å². The number of rotatable bonds is 6. The molecule has 9 heteroatoms. The Hall–Kier alpha value is -3.07. The van der Waals surface area contributed by atoms with Gasteiger partial charge in [-0.3, -0.25) is 9.63 Å². The van der Waals surface area contributed by atoms with Crippen molar-refractivity contribution in [3.8, 4) is 0 Å². The first-order chi connectivity index (χ1) is 13.3. The Labute approximate surface area is 158 Å². The summed E-state index contributed by atoms with van der Waals surface area (Å²) < 4.78 is 44.9. The first kappa shape index (κ1) is 19.7. The van der Waals surface area contributed by atoms with Gasteiger partial charge in [0.05, 0.1) is 25.1 Å². The maximum atomic E-state index is 13.1. The topological polar surface area (TPSA) is 67.6 Å². The molecule has 0 radical (unpaired) electrons. The number of amides is 1. The first-order valence-corrected chi connectivity index (χ1v) is 8.38. The van der Waals surface area contributed by atoms with Crippen molar-refractivity contribution in [2.75, 3.05) is 19.5 Å². The zero-order valence-corrected chi connectivity index (χ0v) is 15.2. The Morgan fingerprint density at radius 1 is 1.25 bits per heavy atom. The van der Waals surface area contributed by atoms with E-state index >= 15 is 0 Å². The second-order valence-corrected chi connectivity index (χ2v) is 6.08. The largest absolute Gasteiger partial charge is 0.424 e. The maximum absolute atomic E-state index is 13.1. The van der Waals surface area contributed by atoms with E-state index in [-0.39, 0.29) is 18.0 Å². The molecule has 3 aromatic rings. The molecule has 0 aliphatic heterocycles. The summed E-state index contributed by atoms with van der Waals surface area (Å²) in [6, 6.07) is 11.1. The summed E-state index contributed by atoms with van der Waals surface area (Å²) in [5.41, 5.74) is 0.582. The second kappa shape index (κ2) is 7.89. The number of fused-ring (bicyclic) bond motifs is 1. The van der Waals surface area contributed by atoms with Crippen molar-refractivity contribution in [1.29, 1.82) is 0 Å². The van der Waals surface area contributed by atoms with E-state index in [1.165, 1.54) is 26.3 Å². The summed E-state index contributed by atoms with van der Waals surface area (Å²) >= 11 is 0. The van der Waals surface area contributed by atoms with Crippen LogP contribution in [0.5, 0.6) is 0 Å². The number of alkyl halides is 3. The van der Waals surface area contributed by atoms with E-state index in [1.807, 2.05) is 0 Å². The van der Waals surface area contributed by atoms with Gasteiger partial charge >= 0.3 is 6.18 Å². The highest BCUT2D eigenvalue weighted by Gasteiger charge is 2.31. The van der Waals surface area contributed by atoms with Crippen LogP contribution in [0.1, 0.15) is 23.6 Å². The number of aromatic nitrogens is 1.